The first-order chi connectivity index (χ1) is 10.1. The number of rotatable bonds is 7. The molecule has 0 aromatic heterocycles. The Kier molecular flexibility index (Phi) is 6.07. The molecule has 0 aliphatic heterocycles. The largest absolute Gasteiger partial charge is 0.491 e. The summed E-state index contributed by atoms with van der Waals surface area (Å²) in [6, 6.07) is 8.22. The Bertz CT molecular complexity index is 421. The van der Waals surface area contributed by atoms with E-state index in [0.717, 1.165) is 12.3 Å². The first-order valence-electron chi connectivity index (χ1n) is 8.07. The van der Waals surface area contributed by atoms with Gasteiger partial charge in [0.15, 0.2) is 0 Å². The van der Waals surface area contributed by atoms with Crippen LogP contribution in [0.15, 0.2) is 24.3 Å². The van der Waals surface area contributed by atoms with E-state index in [9.17, 15) is 0 Å². The van der Waals surface area contributed by atoms with Crippen LogP contribution in [0, 0.1) is 5.41 Å². The number of benzene rings is 1. The van der Waals surface area contributed by atoms with E-state index in [4.69, 9.17) is 9.47 Å². The SMILES string of the molecule is CNCc1cccc(OCCOC2CCC(C)(C)CC2)c1. The van der Waals surface area contributed by atoms with Gasteiger partial charge < -0.3 is 14.8 Å². The molecule has 21 heavy (non-hydrogen) atoms. The molecule has 0 unspecified atom stereocenters. The molecule has 0 bridgehead atoms. The summed E-state index contributed by atoms with van der Waals surface area (Å²) in [7, 11) is 1.95. The fraction of sp³-hybridized carbons (Fsp3) is 0.667. The van der Waals surface area contributed by atoms with Crippen molar-refractivity contribution in [1.82, 2.24) is 5.32 Å². The predicted molar refractivity (Wildman–Crippen MR) is 86.7 cm³/mol. The molecule has 3 heteroatoms. The van der Waals surface area contributed by atoms with Crippen molar-refractivity contribution in [3.63, 3.8) is 0 Å². The van der Waals surface area contributed by atoms with Gasteiger partial charge in [0.2, 0.25) is 0 Å². The lowest BCUT2D eigenvalue weighted by molar-refractivity contribution is -0.00732. The molecule has 1 N–H and O–H groups in total. The zero-order valence-electron chi connectivity index (χ0n) is 13.7. The van der Waals surface area contributed by atoms with Crippen LogP contribution in [0.5, 0.6) is 5.75 Å². The van der Waals surface area contributed by atoms with E-state index in [1.54, 1.807) is 0 Å². The van der Waals surface area contributed by atoms with Gasteiger partial charge >= 0.3 is 0 Å². The van der Waals surface area contributed by atoms with Gasteiger partial charge in [-0.05, 0) is 55.8 Å². The van der Waals surface area contributed by atoms with Crippen LogP contribution < -0.4 is 10.1 Å². The first kappa shape index (κ1) is 16.3. The van der Waals surface area contributed by atoms with Gasteiger partial charge in [-0.3, -0.25) is 0 Å². The van der Waals surface area contributed by atoms with Crippen molar-refractivity contribution in [3.05, 3.63) is 29.8 Å². The van der Waals surface area contributed by atoms with Crippen molar-refractivity contribution in [2.24, 2.45) is 5.41 Å². The van der Waals surface area contributed by atoms with Gasteiger partial charge in [-0.1, -0.05) is 26.0 Å². The Morgan fingerprint density at radius 2 is 1.95 bits per heavy atom. The number of ether oxygens (including phenoxy) is 2. The fourth-order valence-electron chi connectivity index (χ4n) is 2.86. The van der Waals surface area contributed by atoms with Gasteiger partial charge in [0.25, 0.3) is 0 Å². The van der Waals surface area contributed by atoms with E-state index >= 15 is 0 Å². The first-order valence-corrected chi connectivity index (χ1v) is 8.07. The molecular weight excluding hydrogens is 262 g/mol. The third-order valence-electron chi connectivity index (χ3n) is 4.27. The monoisotopic (exact) mass is 291 g/mol. The maximum Gasteiger partial charge on any atom is 0.119 e. The van der Waals surface area contributed by atoms with Gasteiger partial charge in [-0.15, -0.1) is 0 Å². The molecule has 0 atom stereocenters. The summed E-state index contributed by atoms with van der Waals surface area (Å²) in [5.74, 6) is 0.927. The Morgan fingerprint density at radius 3 is 2.67 bits per heavy atom. The molecule has 0 saturated heterocycles. The Morgan fingerprint density at radius 1 is 1.19 bits per heavy atom. The normalized spacial score (nSPS) is 18.6. The molecule has 1 saturated carbocycles. The molecular formula is C18H29NO2. The van der Waals surface area contributed by atoms with Crippen LogP contribution in [-0.2, 0) is 11.3 Å². The Hall–Kier alpha value is -1.06. The molecule has 1 fully saturated rings. The number of hydrogen-bond acceptors (Lipinski definition) is 3. The lowest BCUT2D eigenvalue weighted by Gasteiger charge is -2.34. The van der Waals surface area contributed by atoms with Gasteiger partial charge in [-0.2, -0.15) is 0 Å². The number of hydrogen-bond donors (Lipinski definition) is 1. The molecule has 2 rings (SSSR count). The van der Waals surface area contributed by atoms with E-state index < -0.39 is 0 Å². The molecule has 1 aromatic rings. The van der Waals surface area contributed by atoms with Crippen LogP contribution in [-0.4, -0.2) is 26.4 Å². The zero-order valence-corrected chi connectivity index (χ0v) is 13.7. The maximum atomic E-state index is 5.94. The maximum absolute atomic E-state index is 5.94. The lowest BCUT2D eigenvalue weighted by Crippen LogP contribution is -2.27. The van der Waals surface area contributed by atoms with Crippen molar-refractivity contribution >= 4 is 0 Å². The van der Waals surface area contributed by atoms with Crippen molar-refractivity contribution in [1.29, 1.82) is 0 Å². The van der Waals surface area contributed by atoms with Crippen LogP contribution in [0.25, 0.3) is 0 Å². The average molecular weight is 291 g/mol. The average Bonchev–Trinajstić information content (AvgIpc) is 2.46. The van der Waals surface area contributed by atoms with Crippen LogP contribution in [0.1, 0.15) is 45.1 Å². The van der Waals surface area contributed by atoms with Gasteiger partial charge in [0, 0.05) is 6.54 Å². The predicted octanol–water partition coefficient (Wildman–Crippen LogP) is 3.77. The van der Waals surface area contributed by atoms with Crippen LogP contribution >= 0.6 is 0 Å². The highest BCUT2D eigenvalue weighted by molar-refractivity contribution is 5.28. The van der Waals surface area contributed by atoms with Crippen molar-refractivity contribution in [2.45, 2.75) is 52.2 Å². The third-order valence-corrected chi connectivity index (χ3v) is 4.27. The summed E-state index contributed by atoms with van der Waals surface area (Å²) in [5, 5.41) is 3.15. The summed E-state index contributed by atoms with van der Waals surface area (Å²) < 4.78 is 11.7. The zero-order chi connectivity index (χ0) is 15.1. The van der Waals surface area contributed by atoms with Gasteiger partial charge in [0.1, 0.15) is 12.4 Å². The van der Waals surface area contributed by atoms with Crippen molar-refractivity contribution < 1.29 is 9.47 Å². The van der Waals surface area contributed by atoms with E-state index in [1.165, 1.54) is 31.2 Å². The van der Waals surface area contributed by atoms with Gasteiger partial charge in [-0.25, -0.2) is 0 Å². The Balaban J connectivity index is 1.65. The highest BCUT2D eigenvalue weighted by Gasteiger charge is 2.26. The minimum absolute atomic E-state index is 0.428. The topological polar surface area (TPSA) is 30.5 Å². The van der Waals surface area contributed by atoms with E-state index in [-0.39, 0.29) is 0 Å². The molecule has 1 aromatic carbocycles. The molecule has 0 radical (unpaired) electrons. The second kappa shape index (κ2) is 7.81. The van der Waals surface area contributed by atoms with Crippen LogP contribution in [0.4, 0.5) is 0 Å². The quantitative estimate of drug-likeness (QED) is 0.776. The highest BCUT2D eigenvalue weighted by Crippen LogP contribution is 2.36. The van der Waals surface area contributed by atoms with Crippen LogP contribution in [0.3, 0.4) is 0 Å². The molecule has 0 amide bonds. The Labute approximate surface area is 129 Å². The standard InChI is InChI=1S/C18H29NO2/c1-18(2)9-7-16(8-10-18)20-11-12-21-17-6-4-5-15(13-17)14-19-3/h4-6,13,16,19H,7-12,14H2,1-3H3. The summed E-state index contributed by atoms with van der Waals surface area (Å²) in [6.07, 6.45) is 5.34. The minimum Gasteiger partial charge on any atom is -0.491 e. The molecule has 1 aliphatic rings. The second-order valence-corrected chi connectivity index (χ2v) is 6.76. The summed E-state index contributed by atoms with van der Waals surface area (Å²) in [4.78, 5) is 0. The molecule has 1 aliphatic carbocycles. The van der Waals surface area contributed by atoms with Crippen LogP contribution in [0.2, 0.25) is 0 Å². The van der Waals surface area contributed by atoms with Crippen molar-refractivity contribution in [2.75, 3.05) is 20.3 Å². The van der Waals surface area contributed by atoms with E-state index in [1.807, 2.05) is 19.2 Å². The molecule has 118 valence electrons. The smallest absolute Gasteiger partial charge is 0.119 e. The third kappa shape index (κ3) is 5.68. The number of nitrogens with one attached hydrogen (secondary N) is 1. The molecule has 3 nitrogen and oxygen atoms in total. The van der Waals surface area contributed by atoms with E-state index in [2.05, 4.69) is 31.3 Å². The van der Waals surface area contributed by atoms with Crippen molar-refractivity contribution in [3.8, 4) is 5.75 Å². The second-order valence-electron chi connectivity index (χ2n) is 6.76. The minimum atomic E-state index is 0.428. The summed E-state index contributed by atoms with van der Waals surface area (Å²) in [5.41, 5.74) is 1.75. The molecule has 0 heterocycles. The molecule has 0 spiro atoms. The fourth-order valence-corrected chi connectivity index (χ4v) is 2.86. The summed E-state index contributed by atoms with van der Waals surface area (Å²) in [6.45, 7) is 6.88. The lowest BCUT2D eigenvalue weighted by atomic mass is 9.76. The highest BCUT2D eigenvalue weighted by atomic mass is 16.5. The van der Waals surface area contributed by atoms with E-state index in [0.29, 0.717) is 24.7 Å². The summed E-state index contributed by atoms with van der Waals surface area (Å²) >= 11 is 0. The van der Waals surface area contributed by atoms with Gasteiger partial charge in [0.05, 0.1) is 12.7 Å².